The first-order valence-electron chi connectivity index (χ1n) is 12.1. The summed E-state index contributed by atoms with van der Waals surface area (Å²) >= 11 is 5.98. The van der Waals surface area contributed by atoms with Crippen LogP contribution in [0, 0.1) is 5.82 Å². The predicted octanol–water partition coefficient (Wildman–Crippen LogP) is 3.23. The van der Waals surface area contributed by atoms with Crippen LogP contribution in [0.3, 0.4) is 0 Å². The van der Waals surface area contributed by atoms with Gasteiger partial charge in [0.1, 0.15) is 22.0 Å². The van der Waals surface area contributed by atoms with Crippen molar-refractivity contribution in [3.05, 3.63) is 81.7 Å². The highest BCUT2D eigenvalue weighted by Crippen LogP contribution is 2.31. The first-order chi connectivity index (χ1) is 18.7. The van der Waals surface area contributed by atoms with Gasteiger partial charge in [-0.1, -0.05) is 11.6 Å². The number of pyridine rings is 2. The lowest BCUT2D eigenvalue weighted by Crippen LogP contribution is -2.38. The SMILES string of the molecule is COc1ncc(-c2ccc3ncc(CCN4CCOCC4)c(=O)n3c2)cc1NS(=O)(=O)c1ccc(F)cc1Cl. The van der Waals surface area contributed by atoms with Crippen LogP contribution >= 0.6 is 11.6 Å². The third kappa shape index (κ3) is 5.88. The van der Waals surface area contributed by atoms with Crippen molar-refractivity contribution in [2.24, 2.45) is 0 Å². The Hall–Kier alpha value is -3.58. The molecule has 1 fully saturated rings. The second-order valence-corrected chi connectivity index (χ2v) is 11.0. The molecule has 0 saturated carbocycles. The van der Waals surface area contributed by atoms with Crippen molar-refractivity contribution >= 4 is 33.0 Å². The minimum Gasteiger partial charge on any atom is -0.480 e. The summed E-state index contributed by atoms with van der Waals surface area (Å²) in [5, 5.41) is -0.267. The van der Waals surface area contributed by atoms with E-state index in [1.165, 1.54) is 23.8 Å². The third-order valence-corrected chi connectivity index (χ3v) is 8.23. The summed E-state index contributed by atoms with van der Waals surface area (Å²) in [5.74, 6) is -0.643. The second-order valence-electron chi connectivity index (χ2n) is 8.90. The van der Waals surface area contributed by atoms with E-state index in [2.05, 4.69) is 19.6 Å². The predicted molar refractivity (Wildman–Crippen MR) is 144 cm³/mol. The monoisotopic (exact) mass is 573 g/mol. The van der Waals surface area contributed by atoms with Gasteiger partial charge in [-0.25, -0.2) is 22.8 Å². The van der Waals surface area contributed by atoms with E-state index < -0.39 is 15.8 Å². The van der Waals surface area contributed by atoms with Gasteiger partial charge in [0.25, 0.3) is 15.6 Å². The normalized spacial score (nSPS) is 14.4. The summed E-state index contributed by atoms with van der Waals surface area (Å²) in [6.45, 7) is 3.76. The number of fused-ring (bicyclic) bond motifs is 1. The summed E-state index contributed by atoms with van der Waals surface area (Å²) in [4.78, 5) is 23.9. The average Bonchev–Trinajstić information content (AvgIpc) is 2.92. The lowest BCUT2D eigenvalue weighted by molar-refractivity contribution is 0.0384. The minimum absolute atomic E-state index is 0.0191. The Morgan fingerprint density at radius 3 is 2.64 bits per heavy atom. The van der Waals surface area contributed by atoms with Gasteiger partial charge in [-0.15, -0.1) is 0 Å². The Balaban J connectivity index is 1.46. The Morgan fingerprint density at radius 1 is 1.10 bits per heavy atom. The number of rotatable bonds is 8. The highest BCUT2D eigenvalue weighted by Gasteiger charge is 2.21. The number of benzene rings is 1. The van der Waals surface area contributed by atoms with Crippen LogP contribution in [0.2, 0.25) is 5.02 Å². The number of ether oxygens (including phenoxy) is 2. The molecule has 0 amide bonds. The van der Waals surface area contributed by atoms with Crippen LogP contribution in [0.15, 0.2) is 64.7 Å². The van der Waals surface area contributed by atoms with Gasteiger partial charge >= 0.3 is 0 Å². The number of nitrogens with one attached hydrogen (secondary N) is 1. The van der Waals surface area contributed by atoms with Crippen molar-refractivity contribution in [2.45, 2.75) is 11.3 Å². The Kier molecular flexibility index (Phi) is 7.80. The van der Waals surface area contributed by atoms with Crippen molar-refractivity contribution in [1.29, 1.82) is 0 Å². The average molecular weight is 574 g/mol. The molecule has 4 heterocycles. The van der Waals surface area contributed by atoms with Crippen molar-refractivity contribution in [1.82, 2.24) is 19.3 Å². The van der Waals surface area contributed by atoms with Gasteiger partial charge in [0.2, 0.25) is 5.88 Å². The zero-order chi connectivity index (χ0) is 27.6. The number of halogens is 2. The van der Waals surface area contributed by atoms with Gasteiger partial charge in [-0.2, -0.15) is 0 Å². The van der Waals surface area contributed by atoms with Crippen LogP contribution in [0.25, 0.3) is 16.8 Å². The number of methoxy groups -OCH3 is 1. The lowest BCUT2D eigenvalue weighted by atomic mass is 10.1. The minimum atomic E-state index is -4.20. The van der Waals surface area contributed by atoms with Gasteiger partial charge < -0.3 is 9.47 Å². The van der Waals surface area contributed by atoms with Crippen molar-refractivity contribution in [2.75, 3.05) is 44.7 Å². The fraction of sp³-hybridized carbons (Fsp3) is 0.269. The number of anilines is 1. The number of nitrogens with zero attached hydrogens (tertiary/aromatic N) is 4. The van der Waals surface area contributed by atoms with E-state index in [-0.39, 0.29) is 27.0 Å². The van der Waals surface area contributed by atoms with Crippen LogP contribution < -0.4 is 15.0 Å². The molecule has 0 bridgehead atoms. The quantitative estimate of drug-likeness (QED) is 0.342. The molecule has 1 N–H and O–H groups in total. The zero-order valence-electron chi connectivity index (χ0n) is 20.9. The maximum Gasteiger partial charge on any atom is 0.263 e. The Morgan fingerprint density at radius 2 is 1.90 bits per heavy atom. The van der Waals surface area contributed by atoms with Gasteiger partial charge in [0, 0.05) is 54.9 Å². The maximum atomic E-state index is 13.4. The number of sulfonamides is 1. The lowest BCUT2D eigenvalue weighted by Gasteiger charge is -2.26. The number of hydrogen-bond donors (Lipinski definition) is 1. The second kappa shape index (κ2) is 11.3. The van der Waals surface area contributed by atoms with Crippen molar-refractivity contribution in [3.63, 3.8) is 0 Å². The summed E-state index contributed by atoms with van der Waals surface area (Å²) < 4.78 is 54.0. The van der Waals surface area contributed by atoms with Crippen LogP contribution in [-0.4, -0.2) is 67.6 Å². The van der Waals surface area contributed by atoms with Gasteiger partial charge in [-0.05, 0) is 42.8 Å². The molecule has 0 unspecified atom stereocenters. The van der Waals surface area contributed by atoms with E-state index in [0.717, 1.165) is 37.8 Å². The molecule has 0 spiro atoms. The van der Waals surface area contributed by atoms with Gasteiger partial charge in [0.15, 0.2) is 0 Å². The highest BCUT2D eigenvalue weighted by atomic mass is 35.5. The van der Waals surface area contributed by atoms with E-state index in [1.807, 2.05) is 0 Å². The molecule has 1 aliphatic rings. The van der Waals surface area contributed by atoms with Crippen LogP contribution in [0.4, 0.5) is 10.1 Å². The fourth-order valence-electron chi connectivity index (χ4n) is 4.30. The standard InChI is InChI=1S/C26H25ClFN5O5S/c1-37-25-22(31-39(35,36)23-4-3-20(28)13-21(23)27)12-19(15-30-25)18-2-5-24-29-14-17(26(34)33(24)16-18)6-7-32-8-10-38-11-9-32/h2-5,12-16,31H,6-11H2,1H3. The van der Waals surface area contributed by atoms with E-state index in [9.17, 15) is 17.6 Å². The molecule has 0 radical (unpaired) electrons. The summed E-state index contributed by atoms with van der Waals surface area (Å²) in [6, 6.07) is 7.98. The summed E-state index contributed by atoms with van der Waals surface area (Å²) in [7, 11) is -2.85. The fourth-order valence-corrected chi connectivity index (χ4v) is 5.88. The molecule has 3 aromatic heterocycles. The number of aromatic nitrogens is 3. The number of hydrogen-bond acceptors (Lipinski definition) is 8. The topological polar surface area (TPSA) is 115 Å². The highest BCUT2D eigenvalue weighted by molar-refractivity contribution is 7.92. The molecule has 1 aromatic carbocycles. The molecule has 5 rings (SSSR count). The molecule has 1 saturated heterocycles. The van der Waals surface area contributed by atoms with E-state index >= 15 is 0 Å². The third-order valence-electron chi connectivity index (χ3n) is 6.38. The summed E-state index contributed by atoms with van der Waals surface area (Å²) in [6.07, 6.45) is 5.31. The Bertz CT molecular complexity index is 1690. The molecular formula is C26H25ClFN5O5S. The van der Waals surface area contributed by atoms with Crippen molar-refractivity contribution in [3.8, 4) is 17.0 Å². The maximum absolute atomic E-state index is 13.4. The molecule has 13 heteroatoms. The van der Waals surface area contributed by atoms with Crippen molar-refractivity contribution < 1.29 is 22.3 Å². The molecule has 10 nitrogen and oxygen atoms in total. The van der Waals surface area contributed by atoms with Crippen LogP contribution in [0.5, 0.6) is 5.88 Å². The molecule has 0 aliphatic carbocycles. The van der Waals surface area contributed by atoms with Gasteiger partial charge in [0.05, 0.1) is 25.3 Å². The van der Waals surface area contributed by atoms with Crippen LogP contribution in [0.1, 0.15) is 5.56 Å². The van der Waals surface area contributed by atoms with E-state index in [1.54, 1.807) is 24.5 Å². The molecule has 1 aliphatic heterocycles. The van der Waals surface area contributed by atoms with Gasteiger partial charge in [-0.3, -0.25) is 18.8 Å². The molecule has 0 atom stereocenters. The number of morpholine rings is 1. The molecule has 204 valence electrons. The van der Waals surface area contributed by atoms with E-state index in [4.69, 9.17) is 21.1 Å². The zero-order valence-corrected chi connectivity index (χ0v) is 22.5. The molecule has 4 aromatic rings. The Labute approximate surface area is 229 Å². The smallest absolute Gasteiger partial charge is 0.263 e. The summed E-state index contributed by atoms with van der Waals surface area (Å²) in [5.41, 5.74) is 2.06. The molecular weight excluding hydrogens is 549 g/mol. The molecule has 39 heavy (non-hydrogen) atoms. The van der Waals surface area contributed by atoms with Crippen LogP contribution in [-0.2, 0) is 21.2 Å². The first kappa shape index (κ1) is 27.0. The first-order valence-corrected chi connectivity index (χ1v) is 13.9. The van der Waals surface area contributed by atoms with E-state index in [0.29, 0.717) is 42.0 Å². The largest absolute Gasteiger partial charge is 0.480 e.